The van der Waals surface area contributed by atoms with Crippen molar-refractivity contribution in [3.05, 3.63) is 30.3 Å². The summed E-state index contributed by atoms with van der Waals surface area (Å²) in [5.41, 5.74) is 3.52. The normalized spacial score (nSPS) is 16.1. The Hall–Kier alpha value is -1.84. The summed E-state index contributed by atoms with van der Waals surface area (Å²) in [5.74, 6) is -0.335. The number of nitrogens with one attached hydrogen (secondary N) is 1. The van der Waals surface area contributed by atoms with E-state index in [1.165, 1.54) is 0 Å². The summed E-state index contributed by atoms with van der Waals surface area (Å²) in [6.07, 6.45) is 0.608. The van der Waals surface area contributed by atoms with Gasteiger partial charge in [-0.25, -0.2) is 0 Å². The molecule has 14 heavy (non-hydrogen) atoms. The molecule has 2 rings (SSSR count). The number of anilines is 1. The number of benzene rings is 1. The molecule has 0 aromatic heterocycles. The molecule has 0 saturated carbocycles. The highest BCUT2D eigenvalue weighted by molar-refractivity contribution is 6.02. The fraction of sp³-hybridized carbons (Fsp3) is 0.200. The number of hydrogen-bond donors (Lipinski definition) is 1. The van der Waals surface area contributed by atoms with Crippen LogP contribution in [0.5, 0.6) is 0 Å². The van der Waals surface area contributed by atoms with Gasteiger partial charge >= 0.3 is 0 Å². The molecule has 4 nitrogen and oxygen atoms in total. The van der Waals surface area contributed by atoms with Crippen molar-refractivity contribution >= 4 is 17.5 Å². The van der Waals surface area contributed by atoms with Crippen LogP contribution in [0, 0.1) is 0 Å². The summed E-state index contributed by atoms with van der Waals surface area (Å²) in [6.45, 7) is 0. The summed E-state index contributed by atoms with van der Waals surface area (Å²) in [7, 11) is 0. The molecule has 2 amide bonds. The second kappa shape index (κ2) is 3.49. The van der Waals surface area contributed by atoms with Crippen molar-refractivity contribution < 1.29 is 9.59 Å². The van der Waals surface area contributed by atoms with E-state index in [0.717, 1.165) is 10.7 Å². The lowest BCUT2D eigenvalue weighted by molar-refractivity contribution is -0.136. The molecule has 0 unspecified atom stereocenters. The second-order valence-electron chi connectivity index (χ2n) is 3.10. The molecule has 1 heterocycles. The van der Waals surface area contributed by atoms with E-state index in [1.807, 2.05) is 18.2 Å². The van der Waals surface area contributed by atoms with E-state index in [4.69, 9.17) is 0 Å². The monoisotopic (exact) mass is 190 g/mol. The molecule has 72 valence electrons. The van der Waals surface area contributed by atoms with Crippen LogP contribution in [0.3, 0.4) is 0 Å². The van der Waals surface area contributed by atoms with Gasteiger partial charge in [-0.15, -0.1) is 0 Å². The summed E-state index contributed by atoms with van der Waals surface area (Å²) >= 11 is 0. The molecule has 4 heteroatoms. The van der Waals surface area contributed by atoms with E-state index in [-0.39, 0.29) is 11.8 Å². The molecule has 1 fully saturated rings. The lowest BCUT2D eigenvalue weighted by Crippen LogP contribution is -2.34. The molecule has 1 saturated heterocycles. The molecular formula is C10H10N2O2. The number of carbonyl (C=O) groups excluding carboxylic acids is 2. The molecule has 0 atom stereocenters. The van der Waals surface area contributed by atoms with Gasteiger partial charge in [0.15, 0.2) is 0 Å². The molecule has 0 radical (unpaired) electrons. The average Bonchev–Trinajstić information content (AvgIpc) is 2.51. The first kappa shape index (κ1) is 8.74. The van der Waals surface area contributed by atoms with Gasteiger partial charge in [-0.05, 0) is 12.1 Å². The quantitative estimate of drug-likeness (QED) is 0.712. The standard InChI is InChI=1S/C10H10N2O2/c13-9-6-7-10(14)12(9)11-8-4-2-1-3-5-8/h1-5,11H,6-7H2. The van der Waals surface area contributed by atoms with Crippen LogP contribution in [0.4, 0.5) is 5.69 Å². The van der Waals surface area contributed by atoms with Crippen molar-refractivity contribution in [3.63, 3.8) is 0 Å². The van der Waals surface area contributed by atoms with Gasteiger partial charge in [0, 0.05) is 12.8 Å². The van der Waals surface area contributed by atoms with Crippen LogP contribution >= 0.6 is 0 Å². The Morgan fingerprint density at radius 2 is 1.57 bits per heavy atom. The largest absolute Gasteiger partial charge is 0.289 e. The first-order valence-corrected chi connectivity index (χ1v) is 4.45. The number of hydrazine groups is 1. The Labute approximate surface area is 81.5 Å². The lowest BCUT2D eigenvalue weighted by atomic mass is 10.3. The highest BCUT2D eigenvalue weighted by atomic mass is 16.2. The van der Waals surface area contributed by atoms with E-state index in [0.29, 0.717) is 12.8 Å². The van der Waals surface area contributed by atoms with E-state index < -0.39 is 0 Å². The van der Waals surface area contributed by atoms with Crippen molar-refractivity contribution in [2.24, 2.45) is 0 Å². The SMILES string of the molecule is O=C1CCC(=O)N1Nc1ccccc1. The summed E-state index contributed by atoms with van der Waals surface area (Å²) in [5, 5.41) is 1.08. The predicted octanol–water partition coefficient (Wildman–Crippen LogP) is 1.16. The zero-order valence-corrected chi connectivity index (χ0v) is 7.56. The number of hydrogen-bond acceptors (Lipinski definition) is 3. The Morgan fingerprint density at radius 3 is 2.14 bits per heavy atom. The van der Waals surface area contributed by atoms with Crippen molar-refractivity contribution in [2.75, 3.05) is 5.43 Å². The number of nitrogens with zero attached hydrogens (tertiary/aromatic N) is 1. The van der Waals surface area contributed by atoms with Crippen molar-refractivity contribution in [1.82, 2.24) is 5.01 Å². The van der Waals surface area contributed by atoms with Gasteiger partial charge in [0.25, 0.3) is 0 Å². The molecule has 1 aliphatic rings. The van der Waals surface area contributed by atoms with Gasteiger partial charge in [-0.3, -0.25) is 15.0 Å². The van der Waals surface area contributed by atoms with Gasteiger partial charge in [0.1, 0.15) is 0 Å². The average molecular weight is 190 g/mol. The van der Waals surface area contributed by atoms with Gasteiger partial charge < -0.3 is 0 Å². The molecular weight excluding hydrogens is 180 g/mol. The van der Waals surface area contributed by atoms with Crippen molar-refractivity contribution in [3.8, 4) is 0 Å². The molecule has 1 aromatic rings. The maximum absolute atomic E-state index is 11.2. The zero-order valence-electron chi connectivity index (χ0n) is 7.56. The maximum Gasteiger partial charge on any atom is 0.248 e. The minimum atomic E-state index is -0.168. The Morgan fingerprint density at radius 1 is 1.00 bits per heavy atom. The van der Waals surface area contributed by atoms with E-state index in [9.17, 15) is 9.59 Å². The third-order valence-electron chi connectivity index (χ3n) is 2.07. The highest BCUT2D eigenvalue weighted by Gasteiger charge is 2.28. The Bertz CT molecular complexity index is 346. The number of rotatable bonds is 2. The summed E-state index contributed by atoms with van der Waals surface area (Å²) in [6, 6.07) is 9.16. The van der Waals surface area contributed by atoms with Crippen LogP contribution in [0.25, 0.3) is 0 Å². The Balaban J connectivity index is 2.11. The fourth-order valence-corrected chi connectivity index (χ4v) is 1.34. The number of amides is 2. The van der Waals surface area contributed by atoms with Crippen LogP contribution in [-0.4, -0.2) is 16.8 Å². The third kappa shape index (κ3) is 1.59. The fourth-order valence-electron chi connectivity index (χ4n) is 1.34. The molecule has 1 aliphatic heterocycles. The first-order valence-electron chi connectivity index (χ1n) is 4.45. The number of imide groups is 1. The molecule has 0 bridgehead atoms. The van der Waals surface area contributed by atoms with Gasteiger partial charge in [0.05, 0.1) is 5.69 Å². The minimum Gasteiger partial charge on any atom is -0.289 e. The van der Waals surface area contributed by atoms with Crippen molar-refractivity contribution in [2.45, 2.75) is 12.8 Å². The molecule has 0 spiro atoms. The van der Waals surface area contributed by atoms with Gasteiger partial charge in [0.2, 0.25) is 11.8 Å². The highest BCUT2D eigenvalue weighted by Crippen LogP contribution is 2.14. The molecule has 1 aromatic carbocycles. The lowest BCUT2D eigenvalue weighted by Gasteiger charge is -2.15. The maximum atomic E-state index is 11.2. The number of para-hydroxylation sites is 1. The molecule has 0 aliphatic carbocycles. The van der Waals surface area contributed by atoms with Crippen LogP contribution in [0.15, 0.2) is 30.3 Å². The van der Waals surface area contributed by atoms with Crippen LogP contribution in [-0.2, 0) is 9.59 Å². The first-order chi connectivity index (χ1) is 6.77. The zero-order chi connectivity index (χ0) is 9.97. The van der Waals surface area contributed by atoms with Crippen molar-refractivity contribution in [1.29, 1.82) is 0 Å². The topological polar surface area (TPSA) is 49.4 Å². The summed E-state index contributed by atoms with van der Waals surface area (Å²) < 4.78 is 0. The van der Waals surface area contributed by atoms with E-state index in [1.54, 1.807) is 12.1 Å². The van der Waals surface area contributed by atoms with Crippen LogP contribution < -0.4 is 5.43 Å². The van der Waals surface area contributed by atoms with Gasteiger partial charge in [-0.1, -0.05) is 18.2 Å². The minimum absolute atomic E-state index is 0.168. The number of carbonyl (C=O) groups is 2. The smallest absolute Gasteiger partial charge is 0.248 e. The third-order valence-corrected chi connectivity index (χ3v) is 2.07. The van der Waals surface area contributed by atoms with Crippen LogP contribution in [0.2, 0.25) is 0 Å². The molecule has 1 N–H and O–H groups in total. The summed E-state index contributed by atoms with van der Waals surface area (Å²) in [4.78, 5) is 22.5. The van der Waals surface area contributed by atoms with Crippen LogP contribution in [0.1, 0.15) is 12.8 Å². The van der Waals surface area contributed by atoms with Gasteiger partial charge in [-0.2, -0.15) is 5.01 Å². The van der Waals surface area contributed by atoms with E-state index in [2.05, 4.69) is 5.43 Å². The second-order valence-corrected chi connectivity index (χ2v) is 3.10. The predicted molar refractivity (Wildman–Crippen MR) is 51.2 cm³/mol. The Kier molecular flexibility index (Phi) is 2.18. The van der Waals surface area contributed by atoms with E-state index >= 15 is 0 Å².